The van der Waals surface area contributed by atoms with E-state index < -0.39 is 38.0 Å². The van der Waals surface area contributed by atoms with Gasteiger partial charge in [-0.3, -0.25) is 0 Å². The number of aliphatic hydroxyl groups is 6. The molecule has 0 aliphatic rings. The first-order chi connectivity index (χ1) is 6.02. The lowest BCUT2D eigenvalue weighted by molar-refractivity contribution is -0.271. The van der Waals surface area contributed by atoms with E-state index in [1.54, 1.807) is 0 Å². The highest BCUT2D eigenvalue weighted by molar-refractivity contribution is 4.60. The van der Waals surface area contributed by atoms with Crippen LogP contribution in [0.4, 0.5) is 0 Å². The molecule has 0 aromatic rings. The summed E-state index contributed by atoms with van der Waals surface area (Å²) >= 11 is 0. The van der Waals surface area contributed by atoms with Gasteiger partial charge in [0.05, 0.1) is 13.2 Å². The first-order valence-electron chi connectivity index (χ1n) is 3.62. The molecule has 7 heteroatoms. The lowest BCUT2D eigenvalue weighted by Gasteiger charge is -2.22. The van der Waals surface area contributed by atoms with Gasteiger partial charge in [-0.05, 0) is 0 Å². The molecular formula is C6H14O7. The van der Waals surface area contributed by atoms with Crippen LogP contribution in [0.25, 0.3) is 0 Å². The van der Waals surface area contributed by atoms with Crippen molar-refractivity contribution in [2.24, 2.45) is 0 Å². The summed E-state index contributed by atoms with van der Waals surface area (Å²) < 4.78 is 4.25. The Morgan fingerprint density at radius 2 is 1.08 bits per heavy atom. The van der Waals surface area contributed by atoms with Crippen molar-refractivity contribution in [3.63, 3.8) is 0 Å². The summed E-state index contributed by atoms with van der Waals surface area (Å²) in [6.45, 7) is -1.49. The predicted molar refractivity (Wildman–Crippen MR) is 39.3 cm³/mol. The summed E-state index contributed by atoms with van der Waals surface area (Å²) in [4.78, 5) is 0. The van der Waals surface area contributed by atoms with Gasteiger partial charge >= 0.3 is 0 Å². The Balaban J connectivity index is 3.83. The van der Waals surface area contributed by atoms with E-state index >= 15 is 0 Å². The smallest absolute Gasteiger partial charge is 0.186 e. The second kappa shape index (κ2) is 6.22. The third-order valence-electron chi connectivity index (χ3n) is 1.31. The Morgan fingerprint density at radius 3 is 1.31 bits per heavy atom. The maximum absolute atomic E-state index is 8.85. The average molecular weight is 198 g/mol. The third kappa shape index (κ3) is 4.48. The standard InChI is InChI=1S/C6H14O7/c7-1-3(9)5(11)13-6(12)4(10)2-8/h3-12H,1-2H2. The van der Waals surface area contributed by atoms with E-state index in [2.05, 4.69) is 4.74 Å². The van der Waals surface area contributed by atoms with E-state index in [4.69, 9.17) is 30.6 Å². The fourth-order valence-electron chi connectivity index (χ4n) is 0.505. The van der Waals surface area contributed by atoms with E-state index in [1.807, 2.05) is 0 Å². The molecule has 0 saturated carbocycles. The van der Waals surface area contributed by atoms with Gasteiger partial charge in [0.1, 0.15) is 12.2 Å². The van der Waals surface area contributed by atoms with Gasteiger partial charge in [0.15, 0.2) is 12.6 Å². The minimum absolute atomic E-state index is 0.747. The first-order valence-corrected chi connectivity index (χ1v) is 3.62. The molecule has 6 N–H and O–H groups in total. The fraction of sp³-hybridized carbons (Fsp3) is 1.00. The Labute approximate surface area is 74.4 Å². The second-order valence-electron chi connectivity index (χ2n) is 2.42. The Bertz CT molecular complexity index is 116. The van der Waals surface area contributed by atoms with Gasteiger partial charge in [-0.1, -0.05) is 0 Å². The molecule has 0 saturated heterocycles. The van der Waals surface area contributed by atoms with Crippen LogP contribution in [0, 0.1) is 0 Å². The van der Waals surface area contributed by atoms with E-state index in [-0.39, 0.29) is 0 Å². The van der Waals surface area contributed by atoms with Crippen molar-refractivity contribution < 1.29 is 35.4 Å². The minimum Gasteiger partial charge on any atom is -0.393 e. The predicted octanol–water partition coefficient (Wildman–Crippen LogP) is -3.65. The molecule has 0 aromatic carbocycles. The summed E-state index contributed by atoms with van der Waals surface area (Å²) in [5.74, 6) is 0. The van der Waals surface area contributed by atoms with Crippen LogP contribution in [0.3, 0.4) is 0 Å². The van der Waals surface area contributed by atoms with Crippen molar-refractivity contribution in [3.05, 3.63) is 0 Å². The molecule has 13 heavy (non-hydrogen) atoms. The monoisotopic (exact) mass is 198 g/mol. The number of ether oxygens (including phenoxy) is 1. The van der Waals surface area contributed by atoms with Crippen molar-refractivity contribution in [2.75, 3.05) is 13.2 Å². The summed E-state index contributed by atoms with van der Waals surface area (Å²) in [6.07, 6.45) is -6.77. The molecule has 0 rings (SSSR count). The van der Waals surface area contributed by atoms with Gasteiger partial charge in [-0.2, -0.15) is 0 Å². The molecule has 80 valence electrons. The van der Waals surface area contributed by atoms with E-state index in [9.17, 15) is 0 Å². The largest absolute Gasteiger partial charge is 0.393 e. The van der Waals surface area contributed by atoms with Gasteiger partial charge < -0.3 is 35.4 Å². The highest BCUT2D eigenvalue weighted by atomic mass is 16.7. The highest BCUT2D eigenvalue weighted by Gasteiger charge is 2.23. The molecule has 0 amide bonds. The van der Waals surface area contributed by atoms with Crippen LogP contribution in [0.2, 0.25) is 0 Å². The molecule has 0 aromatic heterocycles. The van der Waals surface area contributed by atoms with Crippen molar-refractivity contribution >= 4 is 0 Å². The zero-order chi connectivity index (χ0) is 10.4. The Hall–Kier alpha value is -0.280. The van der Waals surface area contributed by atoms with Crippen LogP contribution >= 0.6 is 0 Å². The average Bonchev–Trinajstić information content (AvgIpc) is 2.14. The molecule has 7 nitrogen and oxygen atoms in total. The summed E-state index contributed by atoms with van der Waals surface area (Å²) in [5, 5.41) is 51.9. The van der Waals surface area contributed by atoms with Gasteiger partial charge in [0, 0.05) is 0 Å². The molecule has 4 atom stereocenters. The second-order valence-corrected chi connectivity index (χ2v) is 2.42. The molecule has 0 radical (unpaired) electrons. The fourth-order valence-corrected chi connectivity index (χ4v) is 0.505. The van der Waals surface area contributed by atoms with E-state index in [1.165, 1.54) is 0 Å². The van der Waals surface area contributed by atoms with Crippen LogP contribution in [0.1, 0.15) is 0 Å². The number of hydrogen-bond donors (Lipinski definition) is 6. The maximum Gasteiger partial charge on any atom is 0.186 e. The van der Waals surface area contributed by atoms with Crippen molar-refractivity contribution in [1.29, 1.82) is 0 Å². The molecule has 4 unspecified atom stereocenters. The lowest BCUT2D eigenvalue weighted by Crippen LogP contribution is -2.40. The molecule has 0 bridgehead atoms. The van der Waals surface area contributed by atoms with Crippen LogP contribution in [-0.2, 0) is 4.74 Å². The van der Waals surface area contributed by atoms with Gasteiger partial charge in [-0.25, -0.2) is 0 Å². The SMILES string of the molecule is OCC(O)C(O)OC(O)C(O)CO. The van der Waals surface area contributed by atoms with Crippen molar-refractivity contribution in [2.45, 2.75) is 24.8 Å². The highest BCUT2D eigenvalue weighted by Crippen LogP contribution is 2.02. The van der Waals surface area contributed by atoms with E-state index in [0.717, 1.165) is 0 Å². The zero-order valence-electron chi connectivity index (χ0n) is 6.82. The minimum atomic E-state index is -1.82. The molecule has 0 spiro atoms. The molecular weight excluding hydrogens is 184 g/mol. The Morgan fingerprint density at radius 1 is 0.769 bits per heavy atom. The van der Waals surface area contributed by atoms with Crippen LogP contribution in [-0.4, -0.2) is 68.6 Å². The normalized spacial score (nSPS) is 20.8. The third-order valence-corrected chi connectivity index (χ3v) is 1.31. The van der Waals surface area contributed by atoms with E-state index in [0.29, 0.717) is 0 Å². The zero-order valence-corrected chi connectivity index (χ0v) is 6.82. The summed E-state index contributed by atoms with van der Waals surface area (Å²) in [7, 11) is 0. The summed E-state index contributed by atoms with van der Waals surface area (Å²) in [5.41, 5.74) is 0. The number of hydrogen-bond acceptors (Lipinski definition) is 7. The quantitative estimate of drug-likeness (QED) is 0.242. The molecule has 0 fully saturated rings. The first kappa shape index (κ1) is 12.7. The topological polar surface area (TPSA) is 131 Å². The summed E-state index contributed by atoms with van der Waals surface area (Å²) in [6, 6.07) is 0. The van der Waals surface area contributed by atoms with Gasteiger partial charge in [-0.15, -0.1) is 0 Å². The van der Waals surface area contributed by atoms with Crippen molar-refractivity contribution in [3.8, 4) is 0 Å². The molecule has 0 aliphatic carbocycles. The van der Waals surface area contributed by atoms with Gasteiger partial charge in [0.2, 0.25) is 0 Å². The number of aliphatic hydroxyl groups excluding tert-OH is 6. The Kier molecular flexibility index (Phi) is 6.08. The molecule has 0 heterocycles. The van der Waals surface area contributed by atoms with Crippen LogP contribution in [0.5, 0.6) is 0 Å². The number of rotatable bonds is 6. The molecule has 0 aliphatic heterocycles. The van der Waals surface area contributed by atoms with Gasteiger partial charge in [0.25, 0.3) is 0 Å². The van der Waals surface area contributed by atoms with Crippen molar-refractivity contribution in [1.82, 2.24) is 0 Å². The van der Waals surface area contributed by atoms with Crippen LogP contribution < -0.4 is 0 Å². The van der Waals surface area contributed by atoms with Crippen LogP contribution in [0.15, 0.2) is 0 Å². The lowest BCUT2D eigenvalue weighted by atomic mass is 10.3. The maximum atomic E-state index is 8.85.